The van der Waals surface area contributed by atoms with Crippen molar-refractivity contribution < 1.29 is 0 Å². The average Bonchev–Trinajstić information content (AvgIpc) is 2.98. The molecule has 3 unspecified atom stereocenters. The zero-order valence-electron chi connectivity index (χ0n) is 12.9. The van der Waals surface area contributed by atoms with Gasteiger partial charge in [-0.25, -0.2) is 0 Å². The van der Waals surface area contributed by atoms with Gasteiger partial charge in [0.05, 0.1) is 0 Å². The Balaban J connectivity index is 1.66. The van der Waals surface area contributed by atoms with Crippen LogP contribution in [0.4, 0.5) is 0 Å². The number of piperidine rings is 1. The van der Waals surface area contributed by atoms with Crippen LogP contribution < -0.4 is 0 Å². The minimum atomic E-state index is 0.679. The molecule has 3 rings (SSSR count). The Kier molecular flexibility index (Phi) is 4.79. The lowest BCUT2D eigenvalue weighted by atomic mass is 9.93. The lowest BCUT2D eigenvalue weighted by molar-refractivity contribution is -0.0115. The van der Waals surface area contributed by atoms with E-state index in [2.05, 4.69) is 40.5 Å². The van der Waals surface area contributed by atoms with Crippen LogP contribution in [-0.2, 0) is 6.42 Å². The summed E-state index contributed by atoms with van der Waals surface area (Å²) in [5.74, 6) is 0. The summed E-state index contributed by atoms with van der Waals surface area (Å²) in [6, 6.07) is 4.56. The van der Waals surface area contributed by atoms with E-state index < -0.39 is 0 Å². The van der Waals surface area contributed by atoms with Crippen LogP contribution in [0, 0.1) is 0 Å². The summed E-state index contributed by atoms with van der Waals surface area (Å²) in [7, 11) is 0. The van der Waals surface area contributed by atoms with Gasteiger partial charge < -0.3 is 0 Å². The highest BCUT2D eigenvalue weighted by molar-refractivity contribution is 7.07. The number of nitrogens with zero attached hydrogens (tertiary/aromatic N) is 2. The summed E-state index contributed by atoms with van der Waals surface area (Å²) >= 11 is 1.83. The van der Waals surface area contributed by atoms with E-state index in [0.717, 1.165) is 12.1 Å². The molecule has 3 atom stereocenters. The van der Waals surface area contributed by atoms with Gasteiger partial charge in [-0.05, 0) is 61.5 Å². The lowest BCUT2D eigenvalue weighted by Crippen LogP contribution is -2.61. The fraction of sp³-hybridized carbons (Fsp3) is 0.765. The third-order valence-electron chi connectivity index (χ3n) is 5.23. The minimum Gasteiger partial charge on any atom is -0.298 e. The highest BCUT2D eigenvalue weighted by Crippen LogP contribution is 2.27. The van der Waals surface area contributed by atoms with Gasteiger partial charge in [0.2, 0.25) is 0 Å². The summed E-state index contributed by atoms with van der Waals surface area (Å²) < 4.78 is 0. The maximum atomic E-state index is 2.81. The molecule has 0 radical (unpaired) electrons. The zero-order chi connectivity index (χ0) is 13.9. The summed E-state index contributed by atoms with van der Waals surface area (Å²) in [4.78, 5) is 5.58. The summed E-state index contributed by atoms with van der Waals surface area (Å²) in [5, 5.41) is 4.52. The summed E-state index contributed by atoms with van der Waals surface area (Å²) in [6.45, 7) is 8.73. The number of fused-ring (bicyclic) bond motifs is 1. The van der Waals surface area contributed by atoms with Crippen molar-refractivity contribution in [1.29, 1.82) is 0 Å². The van der Waals surface area contributed by atoms with Crippen molar-refractivity contribution in [2.75, 3.05) is 19.6 Å². The SMILES string of the molecule is CCC1CN2CCCCC2CN1C(C)Cc1ccsc1. The van der Waals surface area contributed by atoms with E-state index >= 15 is 0 Å². The molecule has 0 spiro atoms. The molecule has 2 aliphatic rings. The minimum absolute atomic E-state index is 0.679. The van der Waals surface area contributed by atoms with Gasteiger partial charge in [-0.3, -0.25) is 9.80 Å². The van der Waals surface area contributed by atoms with Crippen molar-refractivity contribution in [3.05, 3.63) is 22.4 Å². The van der Waals surface area contributed by atoms with Gasteiger partial charge in [0.25, 0.3) is 0 Å². The molecule has 3 heteroatoms. The number of rotatable bonds is 4. The largest absolute Gasteiger partial charge is 0.298 e. The Morgan fingerprint density at radius 2 is 2.25 bits per heavy atom. The summed E-state index contributed by atoms with van der Waals surface area (Å²) in [6.07, 6.45) is 6.77. The van der Waals surface area contributed by atoms with Crippen molar-refractivity contribution in [3.8, 4) is 0 Å². The Bertz CT molecular complexity index is 403. The first-order valence-corrected chi connectivity index (χ1v) is 9.23. The number of piperazine rings is 1. The second-order valence-electron chi connectivity index (χ2n) is 6.59. The van der Waals surface area contributed by atoms with Crippen LogP contribution in [0.25, 0.3) is 0 Å². The molecule has 2 fully saturated rings. The number of thiophene rings is 1. The van der Waals surface area contributed by atoms with Gasteiger partial charge in [-0.1, -0.05) is 13.3 Å². The molecule has 0 aromatic carbocycles. The first-order chi connectivity index (χ1) is 9.78. The molecule has 0 aliphatic carbocycles. The second-order valence-corrected chi connectivity index (χ2v) is 7.37. The van der Waals surface area contributed by atoms with Gasteiger partial charge in [0.1, 0.15) is 0 Å². The Morgan fingerprint density at radius 3 is 3.00 bits per heavy atom. The van der Waals surface area contributed by atoms with E-state index in [9.17, 15) is 0 Å². The van der Waals surface area contributed by atoms with Crippen LogP contribution in [0.15, 0.2) is 16.8 Å². The average molecular weight is 292 g/mol. The molecular formula is C17H28N2S. The molecule has 20 heavy (non-hydrogen) atoms. The lowest BCUT2D eigenvalue weighted by Gasteiger charge is -2.50. The quantitative estimate of drug-likeness (QED) is 0.836. The van der Waals surface area contributed by atoms with Gasteiger partial charge in [0.15, 0.2) is 0 Å². The topological polar surface area (TPSA) is 6.48 Å². The van der Waals surface area contributed by atoms with Gasteiger partial charge >= 0.3 is 0 Å². The van der Waals surface area contributed by atoms with E-state index in [4.69, 9.17) is 0 Å². The number of hydrogen-bond donors (Lipinski definition) is 0. The van der Waals surface area contributed by atoms with Crippen LogP contribution in [0.1, 0.15) is 45.1 Å². The maximum absolute atomic E-state index is 2.81. The van der Waals surface area contributed by atoms with Crippen molar-refractivity contribution in [2.24, 2.45) is 0 Å². The van der Waals surface area contributed by atoms with Crippen LogP contribution in [0.3, 0.4) is 0 Å². The monoisotopic (exact) mass is 292 g/mol. The second kappa shape index (κ2) is 6.59. The highest BCUT2D eigenvalue weighted by atomic mass is 32.1. The van der Waals surface area contributed by atoms with E-state index in [-0.39, 0.29) is 0 Å². The fourth-order valence-electron chi connectivity index (χ4n) is 4.05. The third kappa shape index (κ3) is 3.10. The standard InChI is InChI=1S/C17H28N2S/c1-3-16-11-18-8-5-4-6-17(18)12-19(16)14(2)10-15-7-9-20-13-15/h7,9,13-14,16-17H,3-6,8,10-12H2,1-2H3. The van der Waals surface area contributed by atoms with E-state index in [0.29, 0.717) is 6.04 Å². The molecule has 112 valence electrons. The zero-order valence-corrected chi connectivity index (χ0v) is 13.7. The fourth-order valence-corrected chi connectivity index (χ4v) is 4.73. The smallest absolute Gasteiger partial charge is 0.0224 e. The van der Waals surface area contributed by atoms with E-state index in [1.165, 1.54) is 57.3 Å². The molecule has 0 saturated carbocycles. The third-order valence-corrected chi connectivity index (χ3v) is 5.97. The van der Waals surface area contributed by atoms with Gasteiger partial charge in [-0.2, -0.15) is 11.3 Å². The molecule has 0 N–H and O–H groups in total. The van der Waals surface area contributed by atoms with Crippen molar-refractivity contribution in [1.82, 2.24) is 9.80 Å². The molecule has 1 aromatic rings. The Morgan fingerprint density at radius 1 is 1.35 bits per heavy atom. The van der Waals surface area contributed by atoms with Crippen molar-refractivity contribution in [3.63, 3.8) is 0 Å². The Hall–Kier alpha value is -0.380. The van der Waals surface area contributed by atoms with Crippen molar-refractivity contribution >= 4 is 11.3 Å². The van der Waals surface area contributed by atoms with Gasteiger partial charge in [-0.15, -0.1) is 0 Å². The summed E-state index contributed by atoms with van der Waals surface area (Å²) in [5.41, 5.74) is 1.52. The maximum Gasteiger partial charge on any atom is 0.0224 e. The predicted molar refractivity (Wildman–Crippen MR) is 87.5 cm³/mol. The van der Waals surface area contributed by atoms with Crippen molar-refractivity contribution in [2.45, 2.75) is 64.1 Å². The Labute approximate surface area is 127 Å². The molecular weight excluding hydrogens is 264 g/mol. The molecule has 2 nitrogen and oxygen atoms in total. The predicted octanol–water partition coefficient (Wildman–Crippen LogP) is 3.63. The normalized spacial score (nSPS) is 30.1. The number of hydrogen-bond acceptors (Lipinski definition) is 3. The van der Waals surface area contributed by atoms with E-state index in [1.807, 2.05) is 11.3 Å². The molecule has 0 amide bonds. The van der Waals surface area contributed by atoms with Crippen LogP contribution in [0.5, 0.6) is 0 Å². The highest BCUT2D eigenvalue weighted by Gasteiger charge is 2.35. The molecule has 0 bridgehead atoms. The van der Waals surface area contributed by atoms with Crippen LogP contribution >= 0.6 is 11.3 Å². The molecule has 2 aliphatic heterocycles. The molecule has 3 heterocycles. The van der Waals surface area contributed by atoms with Gasteiger partial charge in [0, 0.05) is 31.2 Å². The van der Waals surface area contributed by atoms with Crippen LogP contribution in [0.2, 0.25) is 0 Å². The van der Waals surface area contributed by atoms with E-state index in [1.54, 1.807) is 0 Å². The van der Waals surface area contributed by atoms with Crippen LogP contribution in [-0.4, -0.2) is 47.6 Å². The first-order valence-electron chi connectivity index (χ1n) is 8.28. The molecule has 2 saturated heterocycles. The first kappa shape index (κ1) is 14.6. The molecule has 1 aromatic heterocycles.